The smallest absolute Gasteiger partial charge is 0.305 e. The quantitative estimate of drug-likeness (QED) is 0.840. The maximum absolute atomic E-state index is 12.6. The Morgan fingerprint density at radius 3 is 3.00 bits per heavy atom. The number of benzene rings is 1. The average molecular weight is 290 g/mol. The van der Waals surface area contributed by atoms with Gasteiger partial charge < -0.3 is 14.7 Å². The van der Waals surface area contributed by atoms with Gasteiger partial charge in [-0.3, -0.25) is 9.59 Å². The zero-order chi connectivity index (χ0) is 14.8. The number of morpholine rings is 1. The molecule has 0 saturated carbocycles. The lowest BCUT2D eigenvalue weighted by molar-refractivity contribution is -0.139. The summed E-state index contributed by atoms with van der Waals surface area (Å²) in [5, 5.41) is 19.3. The Labute approximate surface area is 119 Å². The first-order valence-electron chi connectivity index (χ1n) is 6.56. The van der Waals surface area contributed by atoms with Crippen molar-refractivity contribution in [3.63, 3.8) is 0 Å². The van der Waals surface area contributed by atoms with E-state index in [-0.39, 0.29) is 18.9 Å². The highest BCUT2D eigenvalue weighted by molar-refractivity contribution is 5.97. The standard InChI is InChI=1S/C13H14N4O4/c18-12(19)6-9-7-21-4-3-17(9)13(20)8-1-2-10-11(5-8)15-16-14-10/h1-2,5,9H,3-4,6-7H2,(H,18,19)(H,14,15,16). The monoisotopic (exact) mass is 290 g/mol. The van der Waals surface area contributed by atoms with Crippen LogP contribution in [0.1, 0.15) is 16.8 Å². The van der Waals surface area contributed by atoms with Crippen LogP contribution in [0.3, 0.4) is 0 Å². The van der Waals surface area contributed by atoms with E-state index in [1.807, 2.05) is 0 Å². The highest BCUT2D eigenvalue weighted by Crippen LogP contribution is 2.17. The number of carbonyl (C=O) groups excluding carboxylic acids is 1. The van der Waals surface area contributed by atoms with Crippen LogP contribution < -0.4 is 0 Å². The number of nitrogens with one attached hydrogen (secondary N) is 1. The number of hydrogen-bond donors (Lipinski definition) is 2. The van der Waals surface area contributed by atoms with Gasteiger partial charge in [-0.1, -0.05) is 0 Å². The van der Waals surface area contributed by atoms with E-state index in [1.54, 1.807) is 23.1 Å². The largest absolute Gasteiger partial charge is 0.481 e. The van der Waals surface area contributed by atoms with Crippen LogP contribution in [-0.2, 0) is 9.53 Å². The predicted molar refractivity (Wildman–Crippen MR) is 71.8 cm³/mol. The molecule has 1 saturated heterocycles. The predicted octanol–water partition coefficient (Wildman–Crippen LogP) is 0.274. The summed E-state index contributed by atoms with van der Waals surface area (Å²) in [6.45, 7) is 1.03. The number of carboxylic acids is 1. The van der Waals surface area contributed by atoms with Crippen LogP contribution in [0, 0.1) is 0 Å². The highest BCUT2D eigenvalue weighted by Gasteiger charge is 2.29. The molecule has 8 nitrogen and oxygen atoms in total. The van der Waals surface area contributed by atoms with Gasteiger partial charge in [0.05, 0.1) is 25.7 Å². The fourth-order valence-corrected chi connectivity index (χ4v) is 2.43. The fourth-order valence-electron chi connectivity index (χ4n) is 2.43. The normalized spacial score (nSPS) is 18.9. The first kappa shape index (κ1) is 13.5. The summed E-state index contributed by atoms with van der Waals surface area (Å²) < 4.78 is 5.27. The number of H-pyrrole nitrogens is 1. The first-order chi connectivity index (χ1) is 10.1. The minimum Gasteiger partial charge on any atom is -0.481 e. The van der Waals surface area contributed by atoms with Crippen LogP contribution in [0.15, 0.2) is 18.2 Å². The van der Waals surface area contributed by atoms with Gasteiger partial charge in [-0.25, -0.2) is 0 Å². The van der Waals surface area contributed by atoms with Gasteiger partial charge in [0.25, 0.3) is 5.91 Å². The van der Waals surface area contributed by atoms with E-state index < -0.39 is 12.0 Å². The van der Waals surface area contributed by atoms with Crippen LogP contribution in [0.2, 0.25) is 0 Å². The van der Waals surface area contributed by atoms with Crippen molar-refractivity contribution in [3.8, 4) is 0 Å². The molecule has 8 heteroatoms. The number of aromatic nitrogens is 3. The number of ether oxygens (including phenoxy) is 1. The molecule has 2 N–H and O–H groups in total. The molecule has 1 amide bonds. The second-order valence-corrected chi connectivity index (χ2v) is 4.85. The second kappa shape index (κ2) is 5.49. The molecule has 2 aromatic rings. The summed E-state index contributed by atoms with van der Waals surface area (Å²) in [6, 6.07) is 4.57. The van der Waals surface area contributed by atoms with Gasteiger partial charge >= 0.3 is 5.97 Å². The second-order valence-electron chi connectivity index (χ2n) is 4.85. The number of hydrogen-bond acceptors (Lipinski definition) is 5. The zero-order valence-corrected chi connectivity index (χ0v) is 11.2. The van der Waals surface area contributed by atoms with Crippen molar-refractivity contribution >= 4 is 22.9 Å². The summed E-state index contributed by atoms with van der Waals surface area (Å²) in [4.78, 5) is 25.0. The minimum absolute atomic E-state index is 0.127. The number of fused-ring (bicyclic) bond motifs is 1. The van der Waals surface area contributed by atoms with Gasteiger partial charge in [0, 0.05) is 12.1 Å². The molecule has 1 aromatic heterocycles. The minimum atomic E-state index is -0.949. The number of nitrogens with zero attached hydrogens (tertiary/aromatic N) is 3. The van der Waals surface area contributed by atoms with E-state index in [4.69, 9.17) is 9.84 Å². The maximum Gasteiger partial charge on any atom is 0.305 e. The maximum atomic E-state index is 12.6. The molecule has 1 atom stereocenters. The molecule has 110 valence electrons. The molecule has 21 heavy (non-hydrogen) atoms. The third-order valence-corrected chi connectivity index (χ3v) is 3.46. The van der Waals surface area contributed by atoms with Crippen molar-refractivity contribution in [3.05, 3.63) is 23.8 Å². The van der Waals surface area contributed by atoms with Crippen molar-refractivity contribution in [1.29, 1.82) is 0 Å². The van der Waals surface area contributed by atoms with Gasteiger partial charge in [0.15, 0.2) is 0 Å². The molecule has 0 radical (unpaired) electrons. The Hall–Kier alpha value is -2.48. The number of rotatable bonds is 3. The topological polar surface area (TPSA) is 108 Å². The summed E-state index contributed by atoms with van der Waals surface area (Å²) in [6.07, 6.45) is -0.127. The summed E-state index contributed by atoms with van der Waals surface area (Å²) in [5.74, 6) is -1.16. The average Bonchev–Trinajstić information content (AvgIpc) is 2.94. The van der Waals surface area contributed by atoms with Gasteiger partial charge in [-0.15, -0.1) is 0 Å². The van der Waals surface area contributed by atoms with Gasteiger partial charge in [-0.2, -0.15) is 15.4 Å². The molecule has 1 aromatic carbocycles. The van der Waals surface area contributed by atoms with Crippen LogP contribution in [0.5, 0.6) is 0 Å². The number of carboxylic acid groups (broad SMARTS) is 1. The molecule has 0 aliphatic carbocycles. The molecular formula is C13H14N4O4. The van der Waals surface area contributed by atoms with Gasteiger partial charge in [-0.05, 0) is 18.2 Å². The van der Waals surface area contributed by atoms with Crippen molar-refractivity contribution in [2.75, 3.05) is 19.8 Å². The lowest BCUT2D eigenvalue weighted by Crippen LogP contribution is -2.49. The summed E-state index contributed by atoms with van der Waals surface area (Å²) >= 11 is 0. The Morgan fingerprint density at radius 2 is 2.19 bits per heavy atom. The molecule has 1 aliphatic rings. The fraction of sp³-hybridized carbons (Fsp3) is 0.385. The lowest BCUT2D eigenvalue weighted by Gasteiger charge is -2.34. The molecular weight excluding hydrogens is 276 g/mol. The number of carbonyl (C=O) groups is 2. The molecule has 1 unspecified atom stereocenters. The molecule has 0 spiro atoms. The van der Waals surface area contributed by atoms with Crippen LogP contribution in [-0.4, -0.2) is 63.1 Å². The van der Waals surface area contributed by atoms with Crippen molar-refractivity contribution in [2.45, 2.75) is 12.5 Å². The number of aromatic amines is 1. The summed E-state index contributed by atoms with van der Waals surface area (Å²) in [5.41, 5.74) is 1.74. The van der Waals surface area contributed by atoms with E-state index in [9.17, 15) is 9.59 Å². The lowest BCUT2D eigenvalue weighted by atomic mass is 10.1. The number of aliphatic carboxylic acids is 1. The van der Waals surface area contributed by atoms with Crippen LogP contribution in [0.25, 0.3) is 11.0 Å². The number of amides is 1. The molecule has 0 bridgehead atoms. The Bertz CT molecular complexity index is 684. The third-order valence-electron chi connectivity index (χ3n) is 3.46. The van der Waals surface area contributed by atoms with Crippen LogP contribution in [0.4, 0.5) is 0 Å². The van der Waals surface area contributed by atoms with E-state index in [1.165, 1.54) is 0 Å². The first-order valence-corrected chi connectivity index (χ1v) is 6.56. The Morgan fingerprint density at radius 1 is 1.38 bits per heavy atom. The third kappa shape index (κ3) is 2.70. The molecule has 2 heterocycles. The summed E-state index contributed by atoms with van der Waals surface area (Å²) in [7, 11) is 0. The Kier molecular flexibility index (Phi) is 3.53. The molecule has 1 fully saturated rings. The molecule has 3 rings (SSSR count). The van der Waals surface area contributed by atoms with Crippen LogP contribution >= 0.6 is 0 Å². The van der Waals surface area contributed by atoms with E-state index in [2.05, 4.69) is 15.4 Å². The van der Waals surface area contributed by atoms with E-state index in [0.29, 0.717) is 29.7 Å². The van der Waals surface area contributed by atoms with Gasteiger partial charge in [0.2, 0.25) is 0 Å². The van der Waals surface area contributed by atoms with E-state index in [0.717, 1.165) is 0 Å². The van der Waals surface area contributed by atoms with Crippen molar-refractivity contribution in [2.24, 2.45) is 0 Å². The van der Waals surface area contributed by atoms with E-state index >= 15 is 0 Å². The van der Waals surface area contributed by atoms with Crippen molar-refractivity contribution in [1.82, 2.24) is 20.3 Å². The van der Waals surface area contributed by atoms with Crippen molar-refractivity contribution < 1.29 is 19.4 Å². The highest BCUT2D eigenvalue weighted by atomic mass is 16.5. The Balaban J connectivity index is 1.85. The zero-order valence-electron chi connectivity index (χ0n) is 11.2. The van der Waals surface area contributed by atoms with Gasteiger partial charge in [0.1, 0.15) is 11.0 Å². The molecule has 1 aliphatic heterocycles. The SMILES string of the molecule is O=C(O)CC1COCCN1C(=O)c1ccc2n[nH]nc2c1.